The number of pyridine rings is 1. The first kappa shape index (κ1) is 13.7. The Bertz CT molecular complexity index is 709. The van der Waals surface area contributed by atoms with Crippen molar-refractivity contribution in [1.82, 2.24) is 4.57 Å². The van der Waals surface area contributed by atoms with E-state index in [0.29, 0.717) is 25.5 Å². The standard InChI is InChI=1S/C16H18N2O3/c1-11-3-2-4-16(19)18(11)10-13(17)12-5-6-14-15(9-12)21-8-7-20-14/h2-6,9,13H,7-8,10,17H2,1H3. The third-order valence-electron chi connectivity index (χ3n) is 3.64. The van der Waals surface area contributed by atoms with E-state index in [1.807, 2.05) is 31.2 Å². The summed E-state index contributed by atoms with van der Waals surface area (Å²) in [5, 5.41) is 0. The summed E-state index contributed by atoms with van der Waals surface area (Å²) >= 11 is 0. The Labute approximate surface area is 122 Å². The Morgan fingerprint density at radius 3 is 2.71 bits per heavy atom. The molecule has 1 unspecified atom stereocenters. The zero-order valence-electron chi connectivity index (χ0n) is 11.9. The summed E-state index contributed by atoms with van der Waals surface area (Å²) in [6, 6.07) is 10.6. The average molecular weight is 286 g/mol. The van der Waals surface area contributed by atoms with Crippen molar-refractivity contribution < 1.29 is 9.47 Å². The van der Waals surface area contributed by atoms with Gasteiger partial charge in [-0.05, 0) is 30.7 Å². The summed E-state index contributed by atoms with van der Waals surface area (Å²) in [5.74, 6) is 1.46. The number of nitrogens with two attached hydrogens (primary N) is 1. The molecule has 1 aliphatic rings. The smallest absolute Gasteiger partial charge is 0.250 e. The lowest BCUT2D eigenvalue weighted by molar-refractivity contribution is 0.171. The molecule has 1 aromatic heterocycles. The van der Waals surface area contributed by atoms with Gasteiger partial charge in [0, 0.05) is 24.3 Å². The average Bonchev–Trinajstić information content (AvgIpc) is 2.50. The SMILES string of the molecule is Cc1cccc(=O)n1CC(N)c1ccc2c(c1)OCCO2. The summed E-state index contributed by atoms with van der Waals surface area (Å²) in [5.41, 5.74) is 8.03. The Kier molecular flexibility index (Phi) is 3.66. The van der Waals surface area contributed by atoms with Gasteiger partial charge in [-0.15, -0.1) is 0 Å². The van der Waals surface area contributed by atoms with Crippen LogP contribution in [0.15, 0.2) is 41.2 Å². The van der Waals surface area contributed by atoms with Crippen LogP contribution < -0.4 is 20.8 Å². The van der Waals surface area contributed by atoms with Crippen LogP contribution in [0.1, 0.15) is 17.3 Å². The Morgan fingerprint density at radius 1 is 1.19 bits per heavy atom. The van der Waals surface area contributed by atoms with Crippen molar-refractivity contribution in [2.45, 2.75) is 19.5 Å². The lowest BCUT2D eigenvalue weighted by atomic mass is 10.1. The third kappa shape index (κ3) is 2.78. The molecule has 110 valence electrons. The molecule has 0 radical (unpaired) electrons. The van der Waals surface area contributed by atoms with Crippen LogP contribution in [0.2, 0.25) is 0 Å². The molecule has 0 fully saturated rings. The van der Waals surface area contributed by atoms with Crippen LogP contribution >= 0.6 is 0 Å². The normalized spacial score (nSPS) is 14.8. The van der Waals surface area contributed by atoms with E-state index in [1.165, 1.54) is 0 Å². The van der Waals surface area contributed by atoms with Crippen molar-refractivity contribution in [2.75, 3.05) is 13.2 Å². The number of hydrogen-bond acceptors (Lipinski definition) is 4. The van der Waals surface area contributed by atoms with Gasteiger partial charge in [-0.1, -0.05) is 12.1 Å². The van der Waals surface area contributed by atoms with Gasteiger partial charge in [-0.3, -0.25) is 4.79 Å². The largest absolute Gasteiger partial charge is 0.486 e. The number of hydrogen-bond donors (Lipinski definition) is 1. The molecule has 21 heavy (non-hydrogen) atoms. The molecule has 0 aliphatic carbocycles. The van der Waals surface area contributed by atoms with Gasteiger partial charge in [-0.2, -0.15) is 0 Å². The van der Waals surface area contributed by atoms with Gasteiger partial charge >= 0.3 is 0 Å². The van der Waals surface area contributed by atoms with Gasteiger partial charge in [0.2, 0.25) is 0 Å². The Morgan fingerprint density at radius 2 is 1.95 bits per heavy atom. The maximum Gasteiger partial charge on any atom is 0.250 e. The lowest BCUT2D eigenvalue weighted by Crippen LogP contribution is -2.27. The molecule has 1 atom stereocenters. The minimum Gasteiger partial charge on any atom is -0.486 e. The number of rotatable bonds is 3. The Balaban J connectivity index is 1.85. The molecule has 1 aromatic carbocycles. The highest BCUT2D eigenvalue weighted by molar-refractivity contribution is 5.44. The number of ether oxygens (including phenoxy) is 2. The topological polar surface area (TPSA) is 66.5 Å². The Hall–Kier alpha value is -2.27. The zero-order chi connectivity index (χ0) is 14.8. The fraction of sp³-hybridized carbons (Fsp3) is 0.312. The first-order valence-electron chi connectivity index (χ1n) is 6.97. The maximum absolute atomic E-state index is 11.9. The van der Waals surface area contributed by atoms with Gasteiger partial charge in [-0.25, -0.2) is 0 Å². The fourth-order valence-electron chi connectivity index (χ4n) is 2.45. The number of aryl methyl sites for hydroxylation is 1. The van der Waals surface area contributed by atoms with Crippen molar-refractivity contribution in [1.29, 1.82) is 0 Å². The van der Waals surface area contributed by atoms with Crippen molar-refractivity contribution in [3.63, 3.8) is 0 Å². The van der Waals surface area contributed by atoms with Gasteiger partial charge in [0.25, 0.3) is 5.56 Å². The van der Waals surface area contributed by atoms with E-state index < -0.39 is 0 Å². The van der Waals surface area contributed by atoms with Crippen LogP contribution in [-0.2, 0) is 6.54 Å². The second kappa shape index (κ2) is 5.61. The quantitative estimate of drug-likeness (QED) is 0.931. The monoisotopic (exact) mass is 286 g/mol. The lowest BCUT2D eigenvalue weighted by Gasteiger charge is -2.21. The van der Waals surface area contributed by atoms with Gasteiger partial charge in [0.15, 0.2) is 11.5 Å². The van der Waals surface area contributed by atoms with Crippen LogP contribution in [0.4, 0.5) is 0 Å². The number of aromatic nitrogens is 1. The van der Waals surface area contributed by atoms with E-state index in [9.17, 15) is 4.79 Å². The molecule has 5 nitrogen and oxygen atoms in total. The fourth-order valence-corrected chi connectivity index (χ4v) is 2.45. The highest BCUT2D eigenvalue weighted by Gasteiger charge is 2.15. The number of nitrogens with zero attached hydrogens (tertiary/aromatic N) is 1. The summed E-state index contributed by atoms with van der Waals surface area (Å²) in [4.78, 5) is 11.9. The molecular weight excluding hydrogens is 268 g/mol. The van der Waals surface area contributed by atoms with Gasteiger partial charge in [0.05, 0.1) is 0 Å². The van der Waals surface area contributed by atoms with E-state index in [-0.39, 0.29) is 11.6 Å². The van der Waals surface area contributed by atoms with Crippen molar-refractivity contribution in [3.8, 4) is 11.5 Å². The third-order valence-corrected chi connectivity index (χ3v) is 3.64. The molecule has 0 saturated heterocycles. The second-order valence-electron chi connectivity index (χ2n) is 5.13. The van der Waals surface area contributed by atoms with Crippen LogP contribution in [0.25, 0.3) is 0 Å². The molecule has 0 bridgehead atoms. The van der Waals surface area contributed by atoms with E-state index >= 15 is 0 Å². The second-order valence-corrected chi connectivity index (χ2v) is 5.13. The van der Waals surface area contributed by atoms with Crippen molar-refractivity contribution in [2.24, 2.45) is 5.73 Å². The van der Waals surface area contributed by atoms with E-state index in [2.05, 4.69) is 0 Å². The molecule has 0 amide bonds. The molecule has 2 N–H and O–H groups in total. The molecule has 0 spiro atoms. The molecule has 3 rings (SSSR count). The van der Waals surface area contributed by atoms with Gasteiger partial charge in [0.1, 0.15) is 13.2 Å². The molecular formula is C16H18N2O3. The molecule has 1 aliphatic heterocycles. The predicted octanol–water partition coefficient (Wildman–Crippen LogP) is 1.63. The van der Waals surface area contributed by atoms with E-state index in [1.54, 1.807) is 16.7 Å². The summed E-state index contributed by atoms with van der Waals surface area (Å²) in [6.45, 7) is 3.45. The minimum atomic E-state index is -0.278. The molecule has 2 aromatic rings. The van der Waals surface area contributed by atoms with Crippen LogP contribution in [0.5, 0.6) is 11.5 Å². The first-order chi connectivity index (χ1) is 10.1. The molecule has 5 heteroatoms. The van der Waals surface area contributed by atoms with Crippen molar-refractivity contribution in [3.05, 3.63) is 58.0 Å². The summed E-state index contributed by atoms with van der Waals surface area (Å²) < 4.78 is 12.7. The van der Waals surface area contributed by atoms with E-state index in [4.69, 9.17) is 15.2 Å². The highest BCUT2D eigenvalue weighted by Crippen LogP contribution is 2.32. The summed E-state index contributed by atoms with van der Waals surface area (Å²) in [7, 11) is 0. The maximum atomic E-state index is 11.9. The molecule has 2 heterocycles. The number of fused-ring (bicyclic) bond motifs is 1. The van der Waals surface area contributed by atoms with Crippen LogP contribution in [-0.4, -0.2) is 17.8 Å². The first-order valence-corrected chi connectivity index (χ1v) is 6.97. The van der Waals surface area contributed by atoms with Crippen molar-refractivity contribution >= 4 is 0 Å². The van der Waals surface area contributed by atoms with Gasteiger partial charge < -0.3 is 19.8 Å². The zero-order valence-corrected chi connectivity index (χ0v) is 11.9. The van der Waals surface area contributed by atoms with Crippen LogP contribution in [0, 0.1) is 6.92 Å². The van der Waals surface area contributed by atoms with E-state index in [0.717, 1.165) is 17.0 Å². The molecule has 0 saturated carbocycles. The van der Waals surface area contributed by atoms with Crippen LogP contribution in [0.3, 0.4) is 0 Å². The predicted molar refractivity (Wildman–Crippen MR) is 79.8 cm³/mol. The number of benzene rings is 1. The highest BCUT2D eigenvalue weighted by atomic mass is 16.6. The minimum absolute atomic E-state index is 0.0389. The summed E-state index contributed by atoms with van der Waals surface area (Å²) in [6.07, 6.45) is 0.